The minimum atomic E-state index is -1.67. The Morgan fingerprint density at radius 2 is 1.61 bits per heavy atom. The molecule has 3 rings (SSSR count). The fourth-order valence-electron chi connectivity index (χ4n) is 3.98. The standard InChI is InChI=1S/C30H31F2NO3/c1-20-4-5-25(14-21(20)2)15-26(27-16-28(31)18-29(32)17-27)11-10-23-6-8-24(9-7-23)12-13-30(36,19-34)33-22(3)35/h4-9,14,16-18,26,34,36H,12-13,15,19H2,1-3H3,(H,33,35). The van der Waals surface area contributed by atoms with E-state index in [9.17, 15) is 23.8 Å². The van der Waals surface area contributed by atoms with Gasteiger partial charge in [0.1, 0.15) is 11.6 Å². The molecule has 36 heavy (non-hydrogen) atoms. The lowest BCUT2D eigenvalue weighted by Gasteiger charge is -2.26. The number of amides is 1. The van der Waals surface area contributed by atoms with E-state index in [0.717, 1.165) is 28.3 Å². The number of halogens is 2. The highest BCUT2D eigenvalue weighted by Crippen LogP contribution is 2.24. The van der Waals surface area contributed by atoms with Crippen LogP contribution in [0.4, 0.5) is 8.78 Å². The first-order valence-electron chi connectivity index (χ1n) is 11.8. The molecule has 0 aromatic heterocycles. The molecule has 1 amide bonds. The number of rotatable bonds is 8. The van der Waals surface area contributed by atoms with E-state index in [1.807, 2.05) is 50.2 Å². The second-order valence-corrected chi connectivity index (χ2v) is 9.22. The number of carbonyl (C=O) groups excluding carboxylic acids is 1. The van der Waals surface area contributed by atoms with Gasteiger partial charge in [0.2, 0.25) is 5.91 Å². The Kier molecular flexibility index (Phi) is 8.98. The van der Waals surface area contributed by atoms with Crippen LogP contribution < -0.4 is 5.32 Å². The molecule has 3 N–H and O–H groups in total. The van der Waals surface area contributed by atoms with Crippen molar-refractivity contribution in [2.75, 3.05) is 6.61 Å². The number of carbonyl (C=O) groups is 1. The zero-order valence-corrected chi connectivity index (χ0v) is 20.7. The molecule has 4 nitrogen and oxygen atoms in total. The second kappa shape index (κ2) is 11.9. The number of hydrogen-bond acceptors (Lipinski definition) is 3. The summed E-state index contributed by atoms with van der Waals surface area (Å²) in [6.07, 6.45) is 1.10. The van der Waals surface area contributed by atoms with Gasteiger partial charge in [-0.1, -0.05) is 42.2 Å². The molecule has 3 aromatic carbocycles. The van der Waals surface area contributed by atoms with E-state index < -0.39 is 35.8 Å². The summed E-state index contributed by atoms with van der Waals surface area (Å²) in [5.41, 5.74) is 3.80. The molecular weight excluding hydrogens is 460 g/mol. The van der Waals surface area contributed by atoms with Crippen LogP contribution in [0.25, 0.3) is 0 Å². The van der Waals surface area contributed by atoms with Crippen LogP contribution in [0.1, 0.15) is 52.6 Å². The maximum absolute atomic E-state index is 14.0. The van der Waals surface area contributed by atoms with E-state index in [1.54, 1.807) is 0 Å². The zero-order valence-electron chi connectivity index (χ0n) is 20.7. The van der Waals surface area contributed by atoms with E-state index in [-0.39, 0.29) is 6.42 Å². The van der Waals surface area contributed by atoms with Crippen LogP contribution >= 0.6 is 0 Å². The predicted octanol–water partition coefficient (Wildman–Crippen LogP) is 4.71. The lowest BCUT2D eigenvalue weighted by Crippen LogP contribution is -2.50. The van der Waals surface area contributed by atoms with Crippen molar-refractivity contribution in [1.29, 1.82) is 0 Å². The Hall–Kier alpha value is -3.53. The molecule has 0 aliphatic carbocycles. The van der Waals surface area contributed by atoms with Gasteiger partial charge >= 0.3 is 0 Å². The van der Waals surface area contributed by atoms with Crippen LogP contribution in [-0.4, -0.2) is 28.5 Å². The van der Waals surface area contributed by atoms with Gasteiger partial charge in [-0.25, -0.2) is 8.78 Å². The highest BCUT2D eigenvalue weighted by Gasteiger charge is 2.26. The van der Waals surface area contributed by atoms with Crippen LogP contribution in [0.15, 0.2) is 60.7 Å². The molecule has 0 fully saturated rings. The SMILES string of the molecule is CC(=O)NC(O)(CO)CCc1ccc(C#CC(Cc2ccc(C)c(C)c2)c2cc(F)cc(F)c2)cc1. The average molecular weight is 492 g/mol. The van der Waals surface area contributed by atoms with Crippen molar-refractivity contribution in [3.05, 3.63) is 106 Å². The Labute approximate surface area is 211 Å². The summed E-state index contributed by atoms with van der Waals surface area (Å²) in [6.45, 7) is 4.75. The molecule has 0 bridgehead atoms. The summed E-state index contributed by atoms with van der Waals surface area (Å²) >= 11 is 0. The first-order chi connectivity index (χ1) is 17.1. The summed E-state index contributed by atoms with van der Waals surface area (Å²) in [5.74, 6) is 4.21. The van der Waals surface area contributed by atoms with Gasteiger partial charge in [0.05, 0.1) is 6.61 Å². The molecule has 3 aromatic rings. The van der Waals surface area contributed by atoms with Gasteiger partial charge in [0.15, 0.2) is 5.72 Å². The topological polar surface area (TPSA) is 69.6 Å². The van der Waals surface area contributed by atoms with Crippen molar-refractivity contribution in [2.45, 2.75) is 51.7 Å². The maximum atomic E-state index is 14.0. The minimum absolute atomic E-state index is 0.150. The fraction of sp³-hybridized carbons (Fsp3) is 0.300. The Morgan fingerprint density at radius 3 is 2.19 bits per heavy atom. The van der Waals surface area contributed by atoms with Gasteiger partial charge in [-0.05, 0) is 78.8 Å². The van der Waals surface area contributed by atoms with Crippen LogP contribution in [0.2, 0.25) is 0 Å². The molecule has 6 heteroatoms. The quantitative estimate of drug-likeness (QED) is 0.316. The minimum Gasteiger partial charge on any atom is -0.391 e. The van der Waals surface area contributed by atoms with Gasteiger partial charge in [-0.15, -0.1) is 0 Å². The van der Waals surface area contributed by atoms with E-state index >= 15 is 0 Å². The number of benzene rings is 3. The molecule has 0 spiro atoms. The largest absolute Gasteiger partial charge is 0.391 e. The molecular formula is C30H31F2NO3. The maximum Gasteiger partial charge on any atom is 0.219 e. The first-order valence-corrected chi connectivity index (χ1v) is 11.8. The Balaban J connectivity index is 1.80. The van der Waals surface area contributed by atoms with Crippen molar-refractivity contribution < 1.29 is 23.8 Å². The van der Waals surface area contributed by atoms with Crippen LogP contribution in [0.5, 0.6) is 0 Å². The third-order valence-corrected chi connectivity index (χ3v) is 6.14. The van der Waals surface area contributed by atoms with Gasteiger partial charge in [-0.2, -0.15) is 0 Å². The second-order valence-electron chi connectivity index (χ2n) is 9.22. The van der Waals surface area contributed by atoms with Gasteiger partial charge in [0, 0.05) is 30.9 Å². The van der Waals surface area contributed by atoms with Crippen LogP contribution in [-0.2, 0) is 17.6 Å². The zero-order chi connectivity index (χ0) is 26.3. The van der Waals surface area contributed by atoms with E-state index in [2.05, 4.69) is 23.2 Å². The molecule has 0 aliphatic rings. The predicted molar refractivity (Wildman–Crippen MR) is 136 cm³/mol. The lowest BCUT2D eigenvalue weighted by molar-refractivity contribution is -0.130. The lowest BCUT2D eigenvalue weighted by atomic mass is 9.90. The third kappa shape index (κ3) is 7.74. The number of hydrogen-bond donors (Lipinski definition) is 3. The summed E-state index contributed by atoms with van der Waals surface area (Å²) < 4.78 is 27.9. The molecule has 0 saturated carbocycles. The average Bonchev–Trinajstić information content (AvgIpc) is 2.82. The fourth-order valence-corrected chi connectivity index (χ4v) is 3.98. The number of aliphatic hydroxyl groups excluding tert-OH is 1. The molecule has 188 valence electrons. The third-order valence-electron chi connectivity index (χ3n) is 6.14. The Morgan fingerprint density at radius 1 is 0.972 bits per heavy atom. The van der Waals surface area contributed by atoms with Crippen molar-refractivity contribution in [2.24, 2.45) is 0 Å². The van der Waals surface area contributed by atoms with Gasteiger partial charge < -0.3 is 15.5 Å². The van der Waals surface area contributed by atoms with Crippen molar-refractivity contribution in [1.82, 2.24) is 5.32 Å². The molecule has 0 aliphatic heterocycles. The van der Waals surface area contributed by atoms with Gasteiger partial charge in [0.25, 0.3) is 0 Å². The monoisotopic (exact) mass is 491 g/mol. The molecule has 0 saturated heterocycles. The highest BCUT2D eigenvalue weighted by atomic mass is 19.1. The van der Waals surface area contributed by atoms with E-state index in [4.69, 9.17) is 0 Å². The highest BCUT2D eigenvalue weighted by molar-refractivity contribution is 5.73. The first kappa shape index (κ1) is 27.1. The number of nitrogens with one attached hydrogen (secondary N) is 1. The number of aliphatic hydroxyl groups is 2. The Bertz CT molecular complexity index is 1260. The van der Waals surface area contributed by atoms with E-state index in [0.29, 0.717) is 18.4 Å². The summed E-state index contributed by atoms with van der Waals surface area (Å²) in [7, 11) is 0. The summed E-state index contributed by atoms with van der Waals surface area (Å²) in [6, 6.07) is 17.0. The molecule has 2 unspecified atom stereocenters. The summed E-state index contributed by atoms with van der Waals surface area (Å²) in [4.78, 5) is 11.2. The van der Waals surface area contributed by atoms with Crippen LogP contribution in [0.3, 0.4) is 0 Å². The van der Waals surface area contributed by atoms with Gasteiger partial charge in [-0.3, -0.25) is 4.79 Å². The van der Waals surface area contributed by atoms with Crippen molar-refractivity contribution >= 4 is 5.91 Å². The summed E-state index contributed by atoms with van der Waals surface area (Å²) in [5, 5.41) is 22.1. The van der Waals surface area contributed by atoms with Crippen molar-refractivity contribution in [3.8, 4) is 11.8 Å². The molecule has 0 radical (unpaired) electrons. The molecule has 0 heterocycles. The number of aryl methyl sites for hydroxylation is 3. The van der Waals surface area contributed by atoms with Crippen LogP contribution in [0, 0.1) is 37.3 Å². The van der Waals surface area contributed by atoms with Crippen molar-refractivity contribution in [3.63, 3.8) is 0 Å². The molecule has 2 atom stereocenters. The normalized spacial score (nSPS) is 13.3. The van der Waals surface area contributed by atoms with E-state index in [1.165, 1.54) is 24.6 Å². The smallest absolute Gasteiger partial charge is 0.219 e.